The molecule has 0 heterocycles. The van der Waals surface area contributed by atoms with Gasteiger partial charge in [0.1, 0.15) is 5.02 Å². The maximum atomic E-state index is 12.3. The minimum atomic E-state index is -0.579. The third kappa shape index (κ3) is 3.68. The average Bonchev–Trinajstić information content (AvgIpc) is 2.86. The Hall–Kier alpha value is -1.27. The summed E-state index contributed by atoms with van der Waals surface area (Å²) in [5, 5.41) is 14.1. The van der Waals surface area contributed by atoms with E-state index in [4.69, 9.17) is 11.6 Å². The average molecular weight is 329 g/mol. The fourth-order valence-electron chi connectivity index (χ4n) is 2.59. The normalized spacial score (nSPS) is 21.2. The van der Waals surface area contributed by atoms with E-state index in [-0.39, 0.29) is 28.2 Å². The number of nitrogens with one attached hydrogen (secondary N) is 1. The first-order valence-corrected chi connectivity index (χ1v) is 8.32. The Bertz CT molecular complexity index is 553. The van der Waals surface area contributed by atoms with Crippen LogP contribution in [0.5, 0.6) is 0 Å². The van der Waals surface area contributed by atoms with Crippen LogP contribution in [-0.4, -0.2) is 27.9 Å². The lowest BCUT2D eigenvalue weighted by atomic mass is 10.1. The first kappa shape index (κ1) is 16.1. The number of halogens is 1. The standard InChI is InChI=1S/C14H17ClN2O3S/c1-2-21-12-8-4-6-10(12)16-14(18)9-5-3-7-11(13(9)15)17(19)20/h3,5,7,10,12H,2,4,6,8H2,1H3,(H,16,18). The van der Waals surface area contributed by atoms with Crippen LogP contribution in [0.1, 0.15) is 36.5 Å². The van der Waals surface area contributed by atoms with Gasteiger partial charge in [-0.2, -0.15) is 11.8 Å². The minimum absolute atomic E-state index is 0.0994. The monoisotopic (exact) mass is 328 g/mol. The molecule has 2 atom stereocenters. The number of thioether (sulfide) groups is 1. The Kier molecular flexibility index (Phi) is 5.47. The minimum Gasteiger partial charge on any atom is -0.348 e. The fraction of sp³-hybridized carbons (Fsp3) is 0.500. The summed E-state index contributed by atoms with van der Waals surface area (Å²) in [4.78, 5) is 22.6. The van der Waals surface area contributed by atoms with Gasteiger partial charge in [0, 0.05) is 17.4 Å². The third-order valence-electron chi connectivity index (χ3n) is 3.57. The van der Waals surface area contributed by atoms with Crippen LogP contribution < -0.4 is 5.32 Å². The van der Waals surface area contributed by atoms with E-state index in [1.54, 1.807) is 0 Å². The van der Waals surface area contributed by atoms with Crippen molar-refractivity contribution in [2.45, 2.75) is 37.5 Å². The molecule has 1 saturated carbocycles. The van der Waals surface area contributed by atoms with Crippen molar-refractivity contribution in [2.24, 2.45) is 0 Å². The molecule has 0 saturated heterocycles. The summed E-state index contributed by atoms with van der Waals surface area (Å²) in [6, 6.07) is 4.40. The lowest BCUT2D eigenvalue weighted by Gasteiger charge is -2.20. The number of rotatable bonds is 5. The molecule has 0 aromatic heterocycles. The fourth-order valence-corrected chi connectivity index (χ4v) is 4.07. The van der Waals surface area contributed by atoms with E-state index in [0.717, 1.165) is 25.0 Å². The number of carbonyl (C=O) groups is 1. The predicted molar refractivity (Wildman–Crippen MR) is 85.1 cm³/mol. The molecule has 1 fully saturated rings. The predicted octanol–water partition coefficient (Wildman–Crippen LogP) is 3.65. The van der Waals surface area contributed by atoms with Crippen molar-refractivity contribution in [3.63, 3.8) is 0 Å². The summed E-state index contributed by atoms with van der Waals surface area (Å²) in [6.07, 6.45) is 3.12. The molecule has 1 N–H and O–H groups in total. The molecule has 0 aliphatic heterocycles. The smallest absolute Gasteiger partial charge is 0.288 e. The lowest BCUT2D eigenvalue weighted by Crippen LogP contribution is -2.38. The molecule has 7 heteroatoms. The lowest BCUT2D eigenvalue weighted by molar-refractivity contribution is -0.384. The van der Waals surface area contributed by atoms with Gasteiger partial charge >= 0.3 is 0 Å². The Morgan fingerprint density at radius 3 is 2.95 bits per heavy atom. The van der Waals surface area contributed by atoms with E-state index in [0.29, 0.717) is 5.25 Å². The number of amides is 1. The molecule has 114 valence electrons. The maximum Gasteiger partial charge on any atom is 0.288 e. The van der Waals surface area contributed by atoms with Gasteiger partial charge in [-0.3, -0.25) is 14.9 Å². The second-order valence-corrected chi connectivity index (χ2v) is 6.79. The highest BCUT2D eigenvalue weighted by molar-refractivity contribution is 7.99. The molecule has 1 aromatic rings. The summed E-state index contributed by atoms with van der Waals surface area (Å²) in [6.45, 7) is 2.10. The van der Waals surface area contributed by atoms with Crippen molar-refractivity contribution in [3.05, 3.63) is 38.9 Å². The molecule has 1 amide bonds. The molecular formula is C14H17ClN2O3S. The number of benzene rings is 1. The molecular weight excluding hydrogens is 312 g/mol. The van der Waals surface area contributed by atoms with Gasteiger partial charge in [-0.1, -0.05) is 31.0 Å². The summed E-state index contributed by atoms with van der Waals surface area (Å²) < 4.78 is 0. The van der Waals surface area contributed by atoms with E-state index in [1.807, 2.05) is 11.8 Å². The highest BCUT2D eigenvalue weighted by atomic mass is 35.5. The van der Waals surface area contributed by atoms with Crippen LogP contribution in [0.25, 0.3) is 0 Å². The summed E-state index contributed by atoms with van der Waals surface area (Å²) >= 11 is 7.81. The molecule has 5 nitrogen and oxygen atoms in total. The highest BCUT2D eigenvalue weighted by Gasteiger charge is 2.30. The van der Waals surface area contributed by atoms with E-state index in [2.05, 4.69) is 12.2 Å². The van der Waals surface area contributed by atoms with Gasteiger partial charge in [0.2, 0.25) is 0 Å². The number of carbonyl (C=O) groups excluding carboxylic acids is 1. The van der Waals surface area contributed by atoms with Crippen molar-refractivity contribution in [1.29, 1.82) is 0 Å². The van der Waals surface area contributed by atoms with E-state index >= 15 is 0 Å². The van der Waals surface area contributed by atoms with Crippen LogP contribution in [0.3, 0.4) is 0 Å². The van der Waals surface area contributed by atoms with Gasteiger partial charge in [-0.25, -0.2) is 0 Å². The van der Waals surface area contributed by atoms with Crippen LogP contribution in [-0.2, 0) is 0 Å². The zero-order chi connectivity index (χ0) is 15.4. The quantitative estimate of drug-likeness (QED) is 0.661. The molecule has 1 aliphatic carbocycles. The second-order valence-electron chi connectivity index (χ2n) is 4.90. The molecule has 21 heavy (non-hydrogen) atoms. The van der Waals surface area contributed by atoms with Crippen LogP contribution in [0, 0.1) is 10.1 Å². The van der Waals surface area contributed by atoms with Gasteiger partial charge in [0.15, 0.2) is 0 Å². The number of hydrogen-bond acceptors (Lipinski definition) is 4. The maximum absolute atomic E-state index is 12.3. The van der Waals surface area contributed by atoms with Gasteiger partial charge in [-0.05, 0) is 24.7 Å². The zero-order valence-corrected chi connectivity index (χ0v) is 13.2. The Balaban J connectivity index is 2.14. The molecule has 2 unspecified atom stereocenters. The largest absolute Gasteiger partial charge is 0.348 e. The summed E-state index contributed by atoms with van der Waals surface area (Å²) in [5.74, 6) is 0.673. The van der Waals surface area contributed by atoms with Crippen molar-refractivity contribution in [1.82, 2.24) is 5.32 Å². The number of nitrogens with zero attached hydrogens (tertiary/aromatic N) is 1. The summed E-state index contributed by atoms with van der Waals surface area (Å²) in [7, 11) is 0. The summed E-state index contributed by atoms with van der Waals surface area (Å²) in [5.41, 5.74) is -0.0757. The number of hydrogen-bond donors (Lipinski definition) is 1. The van der Waals surface area contributed by atoms with Crippen LogP contribution in [0.2, 0.25) is 5.02 Å². The highest BCUT2D eigenvalue weighted by Crippen LogP contribution is 2.31. The van der Waals surface area contributed by atoms with Crippen molar-refractivity contribution in [2.75, 3.05) is 5.75 Å². The second kappa shape index (κ2) is 7.13. The topological polar surface area (TPSA) is 72.2 Å². The van der Waals surface area contributed by atoms with Crippen molar-refractivity contribution >= 4 is 35.0 Å². The molecule has 0 radical (unpaired) electrons. The molecule has 1 aromatic carbocycles. The Morgan fingerprint density at radius 1 is 1.52 bits per heavy atom. The molecule has 2 rings (SSSR count). The Labute approximate surface area is 132 Å². The zero-order valence-electron chi connectivity index (χ0n) is 11.7. The van der Waals surface area contributed by atoms with Gasteiger partial charge < -0.3 is 5.32 Å². The Morgan fingerprint density at radius 2 is 2.29 bits per heavy atom. The first-order valence-electron chi connectivity index (χ1n) is 6.90. The third-order valence-corrected chi connectivity index (χ3v) is 5.29. The van der Waals surface area contributed by atoms with E-state index < -0.39 is 4.92 Å². The van der Waals surface area contributed by atoms with Crippen molar-refractivity contribution in [3.8, 4) is 0 Å². The molecule has 0 spiro atoms. The van der Waals surface area contributed by atoms with Crippen LogP contribution in [0.4, 0.5) is 5.69 Å². The van der Waals surface area contributed by atoms with Crippen LogP contribution >= 0.6 is 23.4 Å². The van der Waals surface area contributed by atoms with E-state index in [9.17, 15) is 14.9 Å². The molecule has 1 aliphatic rings. The molecule has 0 bridgehead atoms. The van der Waals surface area contributed by atoms with E-state index in [1.165, 1.54) is 18.2 Å². The number of nitro benzene ring substituents is 1. The van der Waals surface area contributed by atoms with Gasteiger partial charge in [-0.15, -0.1) is 0 Å². The first-order chi connectivity index (χ1) is 10.0. The van der Waals surface area contributed by atoms with Gasteiger partial charge in [0.05, 0.1) is 10.5 Å². The number of nitro groups is 1. The van der Waals surface area contributed by atoms with Gasteiger partial charge in [0.25, 0.3) is 11.6 Å². The van der Waals surface area contributed by atoms with Crippen LogP contribution in [0.15, 0.2) is 18.2 Å². The van der Waals surface area contributed by atoms with Crippen molar-refractivity contribution < 1.29 is 9.72 Å². The SMILES string of the molecule is CCSC1CCCC1NC(=O)c1cccc([N+](=O)[O-])c1Cl.